The molecule has 128 valence electrons. The summed E-state index contributed by atoms with van der Waals surface area (Å²) >= 11 is 0. The Hall–Kier alpha value is -3.21. The summed E-state index contributed by atoms with van der Waals surface area (Å²) in [5, 5.41) is 2.87. The number of hydrogen-bond acceptors (Lipinski definition) is 4. The van der Waals surface area contributed by atoms with Crippen molar-refractivity contribution in [1.82, 2.24) is 5.32 Å². The molecule has 0 radical (unpaired) electrons. The van der Waals surface area contributed by atoms with Gasteiger partial charge in [0.2, 0.25) is 0 Å². The third-order valence-corrected chi connectivity index (χ3v) is 3.86. The number of methoxy groups -OCH3 is 2. The van der Waals surface area contributed by atoms with Gasteiger partial charge in [-0.15, -0.1) is 0 Å². The molecule has 0 aliphatic carbocycles. The number of furan rings is 1. The normalized spacial score (nSPS) is 10.3. The maximum Gasteiger partial charge on any atom is 0.287 e. The average molecular weight is 337 g/mol. The lowest BCUT2D eigenvalue weighted by Gasteiger charge is -2.10. The monoisotopic (exact) mass is 337 g/mol. The fraction of sp³-hybridized carbons (Fsp3) is 0.150. The molecule has 0 bridgehead atoms. The summed E-state index contributed by atoms with van der Waals surface area (Å²) in [6.45, 7) is 0.355. The standard InChI is InChI=1S/C20H19NO4/c1-23-17-9-8-14(12-18(17)24-2)13-21-20(22)19-16(10-11-25-19)15-6-4-3-5-7-15/h3-12H,13H2,1-2H3,(H,21,22). The number of rotatable bonds is 6. The first-order valence-electron chi connectivity index (χ1n) is 7.85. The van der Waals surface area contributed by atoms with E-state index in [2.05, 4.69) is 5.32 Å². The Bertz CT molecular complexity index is 855. The lowest BCUT2D eigenvalue weighted by atomic mass is 10.1. The van der Waals surface area contributed by atoms with Gasteiger partial charge in [-0.3, -0.25) is 4.79 Å². The summed E-state index contributed by atoms with van der Waals surface area (Å²) in [6, 6.07) is 17.0. The van der Waals surface area contributed by atoms with Crippen LogP contribution >= 0.6 is 0 Å². The summed E-state index contributed by atoms with van der Waals surface area (Å²) in [5.41, 5.74) is 2.61. The highest BCUT2D eigenvalue weighted by Gasteiger charge is 2.16. The van der Waals surface area contributed by atoms with Crippen molar-refractivity contribution in [3.8, 4) is 22.6 Å². The van der Waals surface area contributed by atoms with Crippen LogP contribution < -0.4 is 14.8 Å². The minimum atomic E-state index is -0.265. The largest absolute Gasteiger partial charge is 0.493 e. The van der Waals surface area contributed by atoms with Crippen molar-refractivity contribution in [2.75, 3.05) is 14.2 Å². The Balaban J connectivity index is 1.73. The van der Waals surface area contributed by atoms with Gasteiger partial charge in [0.05, 0.1) is 20.5 Å². The van der Waals surface area contributed by atoms with Crippen LogP contribution in [0.3, 0.4) is 0 Å². The topological polar surface area (TPSA) is 60.7 Å². The average Bonchev–Trinajstić information content (AvgIpc) is 3.16. The van der Waals surface area contributed by atoms with Gasteiger partial charge < -0.3 is 19.2 Å². The van der Waals surface area contributed by atoms with Crippen LogP contribution in [0.1, 0.15) is 16.1 Å². The highest BCUT2D eigenvalue weighted by atomic mass is 16.5. The van der Waals surface area contributed by atoms with Gasteiger partial charge in [-0.1, -0.05) is 36.4 Å². The molecule has 0 saturated heterocycles. The minimum Gasteiger partial charge on any atom is -0.493 e. The molecule has 0 spiro atoms. The van der Waals surface area contributed by atoms with Gasteiger partial charge in [0, 0.05) is 12.1 Å². The van der Waals surface area contributed by atoms with Gasteiger partial charge in [-0.2, -0.15) is 0 Å². The van der Waals surface area contributed by atoms with E-state index in [1.54, 1.807) is 20.3 Å². The van der Waals surface area contributed by atoms with Gasteiger partial charge in [0.25, 0.3) is 5.91 Å². The van der Waals surface area contributed by atoms with Gasteiger partial charge in [-0.05, 0) is 29.3 Å². The molecule has 0 aliphatic heterocycles. The summed E-state index contributed by atoms with van der Waals surface area (Å²) in [6.07, 6.45) is 1.52. The van der Waals surface area contributed by atoms with E-state index in [1.165, 1.54) is 6.26 Å². The molecular weight excluding hydrogens is 318 g/mol. The predicted octanol–water partition coefficient (Wildman–Crippen LogP) is 3.89. The third-order valence-electron chi connectivity index (χ3n) is 3.86. The summed E-state index contributed by atoms with van der Waals surface area (Å²) in [5.74, 6) is 1.30. The number of ether oxygens (including phenoxy) is 2. The van der Waals surface area contributed by atoms with Gasteiger partial charge in [-0.25, -0.2) is 0 Å². The van der Waals surface area contributed by atoms with E-state index in [1.807, 2.05) is 48.5 Å². The Labute approximate surface area is 146 Å². The fourth-order valence-corrected chi connectivity index (χ4v) is 2.58. The maximum absolute atomic E-state index is 12.5. The van der Waals surface area contributed by atoms with Crippen molar-refractivity contribution in [3.05, 3.63) is 72.2 Å². The second-order valence-electron chi connectivity index (χ2n) is 5.40. The first-order valence-corrected chi connectivity index (χ1v) is 7.85. The molecule has 3 rings (SSSR count). The highest BCUT2D eigenvalue weighted by molar-refractivity contribution is 5.98. The molecule has 0 fully saturated rings. The van der Waals surface area contributed by atoms with Crippen LogP contribution in [0.25, 0.3) is 11.1 Å². The number of carbonyl (C=O) groups is 1. The maximum atomic E-state index is 12.5. The lowest BCUT2D eigenvalue weighted by molar-refractivity contribution is 0.0924. The fourth-order valence-electron chi connectivity index (χ4n) is 2.58. The molecule has 0 unspecified atom stereocenters. The zero-order valence-corrected chi connectivity index (χ0v) is 14.1. The number of hydrogen-bond donors (Lipinski definition) is 1. The second-order valence-corrected chi connectivity index (χ2v) is 5.40. The van der Waals surface area contributed by atoms with E-state index in [0.29, 0.717) is 23.8 Å². The minimum absolute atomic E-state index is 0.265. The molecule has 1 heterocycles. The van der Waals surface area contributed by atoms with Crippen molar-refractivity contribution in [2.45, 2.75) is 6.54 Å². The number of nitrogens with one attached hydrogen (secondary N) is 1. The third kappa shape index (κ3) is 3.66. The van der Waals surface area contributed by atoms with Gasteiger partial charge >= 0.3 is 0 Å². The van der Waals surface area contributed by atoms with E-state index in [9.17, 15) is 4.79 Å². The van der Waals surface area contributed by atoms with Gasteiger partial charge in [0.1, 0.15) is 0 Å². The van der Waals surface area contributed by atoms with Crippen molar-refractivity contribution in [2.24, 2.45) is 0 Å². The van der Waals surface area contributed by atoms with Crippen molar-refractivity contribution in [3.63, 3.8) is 0 Å². The molecule has 3 aromatic rings. The van der Waals surface area contributed by atoms with Crippen molar-refractivity contribution < 1.29 is 18.7 Å². The molecule has 1 amide bonds. The quantitative estimate of drug-likeness (QED) is 0.741. The second kappa shape index (κ2) is 7.57. The highest BCUT2D eigenvalue weighted by Crippen LogP contribution is 2.28. The molecule has 1 N–H and O–H groups in total. The smallest absolute Gasteiger partial charge is 0.287 e. The van der Waals surface area contributed by atoms with Crippen LogP contribution in [0, 0.1) is 0 Å². The molecule has 1 aromatic heterocycles. The molecule has 2 aromatic carbocycles. The molecule has 5 heteroatoms. The molecule has 0 aliphatic rings. The first kappa shape index (κ1) is 16.6. The SMILES string of the molecule is COc1ccc(CNC(=O)c2occc2-c2ccccc2)cc1OC. The van der Waals surface area contributed by atoms with Crippen LogP contribution in [0.2, 0.25) is 0 Å². The van der Waals surface area contributed by atoms with E-state index in [4.69, 9.17) is 13.9 Å². The van der Waals surface area contributed by atoms with Crippen LogP contribution in [-0.4, -0.2) is 20.1 Å². The summed E-state index contributed by atoms with van der Waals surface area (Å²) in [7, 11) is 3.16. The predicted molar refractivity (Wildman–Crippen MR) is 94.9 cm³/mol. The van der Waals surface area contributed by atoms with Crippen molar-refractivity contribution in [1.29, 1.82) is 0 Å². The van der Waals surface area contributed by atoms with Gasteiger partial charge in [0.15, 0.2) is 17.3 Å². The number of benzene rings is 2. The Kier molecular flexibility index (Phi) is 5.04. The van der Waals surface area contributed by atoms with E-state index >= 15 is 0 Å². The Morgan fingerprint density at radius 2 is 1.76 bits per heavy atom. The van der Waals surface area contributed by atoms with E-state index in [-0.39, 0.29) is 5.91 Å². The Morgan fingerprint density at radius 3 is 2.48 bits per heavy atom. The Morgan fingerprint density at radius 1 is 1.00 bits per heavy atom. The molecule has 0 atom stereocenters. The van der Waals surface area contributed by atoms with Crippen LogP contribution in [-0.2, 0) is 6.54 Å². The zero-order valence-electron chi connectivity index (χ0n) is 14.1. The first-order chi connectivity index (χ1) is 12.2. The molecule has 25 heavy (non-hydrogen) atoms. The number of amides is 1. The molecular formula is C20H19NO4. The summed E-state index contributed by atoms with van der Waals surface area (Å²) < 4.78 is 15.9. The lowest BCUT2D eigenvalue weighted by Crippen LogP contribution is -2.22. The van der Waals surface area contributed by atoms with Crippen LogP contribution in [0.5, 0.6) is 11.5 Å². The van der Waals surface area contributed by atoms with E-state index < -0.39 is 0 Å². The molecule has 5 nitrogen and oxygen atoms in total. The van der Waals surface area contributed by atoms with Crippen molar-refractivity contribution >= 4 is 5.91 Å². The summed E-state index contributed by atoms with van der Waals surface area (Å²) in [4.78, 5) is 12.5. The van der Waals surface area contributed by atoms with Crippen LogP contribution in [0.4, 0.5) is 0 Å². The molecule has 0 saturated carbocycles. The zero-order chi connectivity index (χ0) is 17.6. The van der Waals surface area contributed by atoms with E-state index in [0.717, 1.165) is 16.7 Å². The number of carbonyl (C=O) groups excluding carboxylic acids is 1. The van der Waals surface area contributed by atoms with Crippen LogP contribution in [0.15, 0.2) is 65.3 Å².